The van der Waals surface area contributed by atoms with Crippen molar-refractivity contribution in [3.05, 3.63) is 65.7 Å². The van der Waals surface area contributed by atoms with Crippen LogP contribution in [0.5, 0.6) is 0 Å². The van der Waals surface area contributed by atoms with E-state index in [1.165, 1.54) is 6.20 Å². The average Bonchev–Trinajstić information content (AvgIpc) is 3.36. The van der Waals surface area contributed by atoms with Gasteiger partial charge in [-0.15, -0.1) is 0 Å². The maximum Gasteiger partial charge on any atom is 0.225 e. The Kier molecular flexibility index (Phi) is 4.67. The highest BCUT2D eigenvalue weighted by molar-refractivity contribution is 5.60. The van der Waals surface area contributed by atoms with Gasteiger partial charge in [-0.1, -0.05) is 35.5 Å². The van der Waals surface area contributed by atoms with Crippen LogP contribution in [0.1, 0.15) is 17.0 Å². The Bertz CT molecular complexity index is 1130. The van der Waals surface area contributed by atoms with Crippen LogP contribution in [0.3, 0.4) is 0 Å². The molecule has 28 heavy (non-hydrogen) atoms. The molecule has 9 nitrogen and oxygen atoms in total. The molecule has 3 aromatic heterocycles. The van der Waals surface area contributed by atoms with Crippen molar-refractivity contribution in [3.63, 3.8) is 0 Å². The summed E-state index contributed by atoms with van der Waals surface area (Å²) in [7, 11) is 0. The zero-order valence-electron chi connectivity index (χ0n) is 15.0. The Morgan fingerprint density at radius 3 is 2.86 bits per heavy atom. The summed E-state index contributed by atoms with van der Waals surface area (Å²) >= 11 is 0. The number of nitrogens with zero attached hydrogens (tertiary/aromatic N) is 5. The molecule has 0 saturated heterocycles. The average molecular weight is 372 g/mol. The first-order valence-corrected chi connectivity index (χ1v) is 8.52. The molecule has 9 heteroatoms. The Labute approximate surface area is 160 Å². The lowest BCUT2D eigenvalue weighted by molar-refractivity contribution is 0.390. The third-order valence-corrected chi connectivity index (χ3v) is 3.92. The summed E-state index contributed by atoms with van der Waals surface area (Å²) in [5, 5.41) is 25.9. The van der Waals surface area contributed by atoms with Gasteiger partial charge in [0.1, 0.15) is 29.0 Å². The fourth-order valence-electron chi connectivity index (χ4n) is 2.61. The highest BCUT2D eigenvalue weighted by Gasteiger charge is 2.10. The molecular formula is C19H16N8O. The topological polar surface area (TPSA) is 128 Å². The van der Waals surface area contributed by atoms with E-state index in [0.717, 1.165) is 17.0 Å². The lowest BCUT2D eigenvalue weighted by Crippen LogP contribution is -2.06. The van der Waals surface area contributed by atoms with Crippen LogP contribution >= 0.6 is 0 Å². The van der Waals surface area contributed by atoms with Crippen LogP contribution in [-0.2, 0) is 6.54 Å². The van der Waals surface area contributed by atoms with Crippen molar-refractivity contribution < 1.29 is 4.52 Å². The molecule has 3 N–H and O–H groups in total. The van der Waals surface area contributed by atoms with E-state index >= 15 is 0 Å². The zero-order valence-corrected chi connectivity index (χ0v) is 15.0. The predicted octanol–water partition coefficient (Wildman–Crippen LogP) is 3.39. The van der Waals surface area contributed by atoms with Crippen molar-refractivity contribution in [2.75, 3.05) is 10.6 Å². The van der Waals surface area contributed by atoms with Crippen molar-refractivity contribution in [1.82, 2.24) is 25.3 Å². The van der Waals surface area contributed by atoms with Crippen molar-refractivity contribution in [3.8, 4) is 17.3 Å². The van der Waals surface area contributed by atoms with Gasteiger partial charge in [-0.25, -0.2) is 4.98 Å². The number of benzene rings is 1. The molecule has 0 radical (unpaired) electrons. The van der Waals surface area contributed by atoms with Gasteiger partial charge in [-0.3, -0.25) is 5.10 Å². The van der Waals surface area contributed by atoms with Crippen molar-refractivity contribution in [2.45, 2.75) is 13.5 Å². The van der Waals surface area contributed by atoms with Gasteiger partial charge in [0.25, 0.3) is 0 Å². The number of aryl methyl sites for hydroxylation is 1. The SMILES string of the molecule is Cc1cc(Nc2[nH]ncc2C#N)nc(NCc2cc(-c3ccccc3)no2)n1. The Morgan fingerprint density at radius 2 is 2.04 bits per heavy atom. The van der Waals surface area contributed by atoms with Crippen LogP contribution in [0.15, 0.2) is 53.2 Å². The zero-order chi connectivity index (χ0) is 19.3. The predicted molar refractivity (Wildman–Crippen MR) is 103 cm³/mol. The van der Waals surface area contributed by atoms with E-state index in [-0.39, 0.29) is 0 Å². The van der Waals surface area contributed by atoms with E-state index in [9.17, 15) is 0 Å². The van der Waals surface area contributed by atoms with Gasteiger partial charge in [-0.05, 0) is 6.92 Å². The summed E-state index contributed by atoms with van der Waals surface area (Å²) in [4.78, 5) is 8.78. The standard InChI is InChI=1S/C19H16N8O/c1-12-7-17(24-18-14(9-20)10-22-26-18)25-19(23-12)21-11-15-8-16(27-28-15)13-5-3-2-4-6-13/h2-8,10H,11H2,1H3,(H3,21,22,23,24,25,26). The molecule has 0 spiro atoms. The van der Waals surface area contributed by atoms with E-state index < -0.39 is 0 Å². The Morgan fingerprint density at radius 1 is 1.18 bits per heavy atom. The number of aromatic amines is 1. The third kappa shape index (κ3) is 3.81. The van der Waals surface area contributed by atoms with Crippen molar-refractivity contribution in [1.29, 1.82) is 5.26 Å². The molecule has 4 aromatic rings. The largest absolute Gasteiger partial charge is 0.359 e. The summed E-state index contributed by atoms with van der Waals surface area (Å²) in [5.41, 5.74) is 2.93. The molecular weight excluding hydrogens is 356 g/mol. The fourth-order valence-corrected chi connectivity index (χ4v) is 2.61. The number of rotatable bonds is 6. The van der Waals surface area contributed by atoms with Crippen LogP contribution in [0.25, 0.3) is 11.3 Å². The van der Waals surface area contributed by atoms with Crippen LogP contribution < -0.4 is 10.6 Å². The number of hydrogen-bond donors (Lipinski definition) is 3. The number of aromatic nitrogens is 5. The van der Waals surface area contributed by atoms with Crippen molar-refractivity contribution >= 4 is 17.6 Å². The van der Waals surface area contributed by atoms with Crippen LogP contribution in [0.4, 0.5) is 17.6 Å². The fraction of sp³-hybridized carbons (Fsp3) is 0.105. The van der Waals surface area contributed by atoms with Gasteiger partial charge < -0.3 is 15.2 Å². The molecule has 0 atom stereocenters. The summed E-state index contributed by atoms with van der Waals surface area (Å²) < 4.78 is 5.38. The first-order chi connectivity index (χ1) is 13.7. The van der Waals surface area contributed by atoms with Gasteiger partial charge in [-0.2, -0.15) is 15.3 Å². The molecule has 0 amide bonds. The van der Waals surface area contributed by atoms with E-state index in [4.69, 9.17) is 9.78 Å². The molecule has 0 aliphatic rings. The van der Waals surface area contributed by atoms with E-state index in [1.54, 1.807) is 6.07 Å². The summed E-state index contributed by atoms with van der Waals surface area (Å²) in [6, 6.07) is 15.5. The number of nitrogens with one attached hydrogen (secondary N) is 3. The van der Waals surface area contributed by atoms with E-state index in [1.807, 2.05) is 43.3 Å². The second kappa shape index (κ2) is 7.59. The van der Waals surface area contributed by atoms with E-state index in [0.29, 0.717) is 35.5 Å². The molecule has 4 rings (SSSR count). The molecule has 0 bridgehead atoms. The monoisotopic (exact) mass is 372 g/mol. The normalized spacial score (nSPS) is 10.4. The highest BCUT2D eigenvalue weighted by Crippen LogP contribution is 2.20. The highest BCUT2D eigenvalue weighted by atomic mass is 16.5. The van der Waals surface area contributed by atoms with Gasteiger partial charge in [0.2, 0.25) is 5.95 Å². The van der Waals surface area contributed by atoms with Gasteiger partial charge in [0.15, 0.2) is 5.76 Å². The second-order valence-electron chi connectivity index (χ2n) is 6.01. The molecule has 3 heterocycles. The molecule has 1 aromatic carbocycles. The van der Waals surface area contributed by atoms with Crippen LogP contribution in [0, 0.1) is 18.3 Å². The maximum absolute atomic E-state index is 9.08. The Hall–Kier alpha value is -4.19. The summed E-state index contributed by atoms with van der Waals surface area (Å²) in [5.74, 6) is 2.12. The van der Waals surface area contributed by atoms with Gasteiger partial charge in [0, 0.05) is 23.4 Å². The minimum absolute atomic E-state index is 0.385. The van der Waals surface area contributed by atoms with Crippen LogP contribution in [0.2, 0.25) is 0 Å². The molecule has 0 saturated carbocycles. The smallest absolute Gasteiger partial charge is 0.225 e. The molecule has 0 aliphatic heterocycles. The number of hydrogen-bond acceptors (Lipinski definition) is 8. The van der Waals surface area contributed by atoms with Crippen molar-refractivity contribution in [2.24, 2.45) is 0 Å². The number of H-pyrrole nitrogens is 1. The van der Waals surface area contributed by atoms with Crippen LogP contribution in [-0.4, -0.2) is 25.3 Å². The number of anilines is 3. The minimum Gasteiger partial charge on any atom is -0.359 e. The lowest BCUT2D eigenvalue weighted by Gasteiger charge is -2.08. The first kappa shape index (κ1) is 17.2. The van der Waals surface area contributed by atoms with Gasteiger partial charge >= 0.3 is 0 Å². The Balaban J connectivity index is 1.46. The summed E-state index contributed by atoms with van der Waals surface area (Å²) in [6.45, 7) is 2.24. The molecule has 0 fully saturated rings. The maximum atomic E-state index is 9.08. The lowest BCUT2D eigenvalue weighted by atomic mass is 10.1. The first-order valence-electron chi connectivity index (χ1n) is 8.52. The number of nitriles is 1. The minimum atomic E-state index is 0.385. The van der Waals surface area contributed by atoms with E-state index in [2.05, 4.69) is 42.0 Å². The molecule has 0 aliphatic carbocycles. The summed E-state index contributed by atoms with van der Waals surface area (Å²) in [6.07, 6.45) is 1.45. The second-order valence-corrected chi connectivity index (χ2v) is 6.01. The molecule has 0 unspecified atom stereocenters. The molecule has 138 valence electrons. The van der Waals surface area contributed by atoms with Gasteiger partial charge in [0.05, 0.1) is 12.7 Å². The third-order valence-electron chi connectivity index (χ3n) is 3.92. The quantitative estimate of drug-likeness (QED) is 0.470.